The number of nitro benzene ring substituents is 1. The van der Waals surface area contributed by atoms with Crippen molar-refractivity contribution in [1.29, 1.82) is 5.26 Å². The molecule has 106 valence electrons. The van der Waals surface area contributed by atoms with Gasteiger partial charge in [0.1, 0.15) is 11.6 Å². The van der Waals surface area contributed by atoms with E-state index in [1.807, 2.05) is 30.3 Å². The molecule has 2 aromatic carbocycles. The summed E-state index contributed by atoms with van der Waals surface area (Å²) in [6.07, 6.45) is 0. The first-order valence-corrected chi connectivity index (χ1v) is 7.30. The van der Waals surface area contributed by atoms with Crippen molar-refractivity contribution >= 4 is 17.4 Å². The largest absolute Gasteiger partial charge is 0.288 e. The van der Waals surface area contributed by atoms with E-state index in [0.717, 1.165) is 4.90 Å². The van der Waals surface area contributed by atoms with Crippen molar-refractivity contribution in [3.63, 3.8) is 0 Å². The minimum absolute atomic E-state index is 0.112. The lowest BCUT2D eigenvalue weighted by Crippen LogP contribution is -1.93. The summed E-state index contributed by atoms with van der Waals surface area (Å²) in [4.78, 5) is 12.0. The molecule has 0 N–H and O–H groups in total. The van der Waals surface area contributed by atoms with Crippen LogP contribution in [0.3, 0.4) is 0 Å². The van der Waals surface area contributed by atoms with Gasteiger partial charge in [-0.15, -0.1) is 0 Å². The highest BCUT2D eigenvalue weighted by atomic mass is 32.2. The minimum atomic E-state index is -0.523. The third-order valence-corrected chi connectivity index (χ3v) is 4.16. The molecule has 0 unspecified atom stereocenters. The zero-order valence-electron chi connectivity index (χ0n) is 11.7. The second-order valence-corrected chi connectivity index (χ2v) is 5.96. The smallest absolute Gasteiger partial charge is 0.258 e. The lowest BCUT2D eigenvalue weighted by atomic mass is 10.0. The van der Waals surface area contributed by atoms with Crippen LogP contribution in [0.2, 0.25) is 0 Å². The fourth-order valence-corrected chi connectivity index (χ4v) is 2.84. The lowest BCUT2D eigenvalue weighted by molar-refractivity contribution is -0.385. The highest BCUT2D eigenvalue weighted by Gasteiger charge is 2.17. The monoisotopic (exact) mass is 298 g/mol. The van der Waals surface area contributed by atoms with Gasteiger partial charge in [0.15, 0.2) is 0 Å². The van der Waals surface area contributed by atoms with Crippen LogP contribution in [0, 0.1) is 21.4 Å². The van der Waals surface area contributed by atoms with Gasteiger partial charge in [-0.2, -0.15) is 5.26 Å². The summed E-state index contributed by atoms with van der Waals surface area (Å²) in [6, 6.07) is 14.6. The zero-order chi connectivity index (χ0) is 15.4. The SMILES string of the molecule is CC(C)c1ccc(Sc2cccc([N+](=O)[O-])c2C#N)cc1. The molecule has 2 rings (SSSR count). The summed E-state index contributed by atoms with van der Waals surface area (Å²) in [5.41, 5.74) is 1.20. The maximum Gasteiger partial charge on any atom is 0.288 e. The van der Waals surface area contributed by atoms with E-state index in [1.54, 1.807) is 12.1 Å². The number of nitrogens with zero attached hydrogens (tertiary/aromatic N) is 2. The van der Waals surface area contributed by atoms with Crippen molar-refractivity contribution in [3.05, 3.63) is 63.7 Å². The van der Waals surface area contributed by atoms with E-state index in [1.165, 1.54) is 23.4 Å². The minimum Gasteiger partial charge on any atom is -0.258 e. The molecule has 0 saturated carbocycles. The molecule has 0 heterocycles. The Morgan fingerprint density at radius 1 is 1.19 bits per heavy atom. The summed E-state index contributed by atoms with van der Waals surface area (Å²) < 4.78 is 0. The van der Waals surface area contributed by atoms with Gasteiger partial charge >= 0.3 is 0 Å². The second-order valence-electron chi connectivity index (χ2n) is 4.84. The van der Waals surface area contributed by atoms with E-state index >= 15 is 0 Å². The molecule has 0 aliphatic carbocycles. The summed E-state index contributed by atoms with van der Waals surface area (Å²) in [5.74, 6) is 0.455. The van der Waals surface area contributed by atoms with E-state index in [0.29, 0.717) is 10.8 Å². The average Bonchev–Trinajstić information content (AvgIpc) is 2.47. The third kappa shape index (κ3) is 3.41. The molecule has 0 aliphatic heterocycles. The molecule has 0 aromatic heterocycles. The fraction of sp³-hybridized carbons (Fsp3) is 0.188. The molecule has 0 amide bonds. The van der Waals surface area contributed by atoms with Crippen LogP contribution in [0.1, 0.15) is 30.9 Å². The molecule has 2 aromatic rings. The van der Waals surface area contributed by atoms with Gasteiger partial charge in [0, 0.05) is 15.9 Å². The molecular formula is C16H14N2O2S. The van der Waals surface area contributed by atoms with Crippen molar-refractivity contribution < 1.29 is 4.92 Å². The van der Waals surface area contributed by atoms with E-state index in [-0.39, 0.29) is 11.3 Å². The number of hydrogen-bond acceptors (Lipinski definition) is 4. The molecule has 0 atom stereocenters. The van der Waals surface area contributed by atoms with Crippen LogP contribution >= 0.6 is 11.8 Å². The lowest BCUT2D eigenvalue weighted by Gasteiger charge is -2.07. The van der Waals surface area contributed by atoms with Crippen molar-refractivity contribution in [2.24, 2.45) is 0 Å². The van der Waals surface area contributed by atoms with Crippen LogP contribution in [-0.2, 0) is 0 Å². The predicted molar refractivity (Wildman–Crippen MR) is 82.5 cm³/mol. The Morgan fingerprint density at radius 3 is 2.38 bits per heavy atom. The van der Waals surface area contributed by atoms with Gasteiger partial charge in [0.2, 0.25) is 0 Å². The van der Waals surface area contributed by atoms with Crippen LogP contribution in [-0.4, -0.2) is 4.92 Å². The molecule has 0 radical (unpaired) electrons. The van der Waals surface area contributed by atoms with E-state index in [4.69, 9.17) is 0 Å². The Labute approximate surface area is 127 Å². The fourth-order valence-electron chi connectivity index (χ4n) is 1.92. The van der Waals surface area contributed by atoms with Gasteiger partial charge in [-0.25, -0.2) is 0 Å². The van der Waals surface area contributed by atoms with Crippen LogP contribution in [0.15, 0.2) is 52.3 Å². The molecule has 4 nitrogen and oxygen atoms in total. The van der Waals surface area contributed by atoms with Crippen molar-refractivity contribution in [2.75, 3.05) is 0 Å². The van der Waals surface area contributed by atoms with Gasteiger partial charge in [-0.05, 0) is 29.7 Å². The van der Waals surface area contributed by atoms with Crippen molar-refractivity contribution in [1.82, 2.24) is 0 Å². The standard InChI is InChI=1S/C16H14N2O2S/c1-11(2)12-6-8-13(9-7-12)21-16-5-3-4-15(18(19)20)14(16)10-17/h3-9,11H,1-2H3. The van der Waals surface area contributed by atoms with Gasteiger partial charge < -0.3 is 0 Å². The first-order chi connectivity index (χ1) is 10.0. The molecule has 0 fully saturated rings. The summed E-state index contributed by atoms with van der Waals surface area (Å²) in [6.45, 7) is 4.24. The molecule has 0 aliphatic rings. The molecular weight excluding hydrogens is 284 g/mol. The Hall–Kier alpha value is -2.32. The molecule has 5 heteroatoms. The summed E-state index contributed by atoms with van der Waals surface area (Å²) in [7, 11) is 0. The van der Waals surface area contributed by atoms with E-state index in [2.05, 4.69) is 13.8 Å². The van der Waals surface area contributed by atoms with Crippen LogP contribution in [0.5, 0.6) is 0 Å². The molecule has 0 saturated heterocycles. The van der Waals surface area contributed by atoms with Crippen molar-refractivity contribution in [3.8, 4) is 6.07 Å². The molecule has 0 spiro atoms. The van der Waals surface area contributed by atoms with Gasteiger partial charge in [0.25, 0.3) is 5.69 Å². The van der Waals surface area contributed by atoms with E-state index < -0.39 is 4.92 Å². The first-order valence-electron chi connectivity index (χ1n) is 6.48. The maximum atomic E-state index is 11.0. The van der Waals surface area contributed by atoms with Crippen LogP contribution in [0.4, 0.5) is 5.69 Å². The van der Waals surface area contributed by atoms with Gasteiger partial charge in [-0.3, -0.25) is 10.1 Å². The predicted octanol–water partition coefficient (Wildman–Crippen LogP) is 4.74. The second kappa shape index (κ2) is 6.42. The Morgan fingerprint density at radius 2 is 1.86 bits per heavy atom. The quantitative estimate of drug-likeness (QED) is 0.604. The first kappa shape index (κ1) is 15.1. The Kier molecular flexibility index (Phi) is 4.61. The number of rotatable bonds is 4. The highest BCUT2D eigenvalue weighted by molar-refractivity contribution is 7.99. The van der Waals surface area contributed by atoms with Gasteiger partial charge in [0.05, 0.1) is 4.92 Å². The van der Waals surface area contributed by atoms with Crippen LogP contribution < -0.4 is 0 Å². The zero-order valence-corrected chi connectivity index (χ0v) is 12.6. The highest BCUT2D eigenvalue weighted by Crippen LogP contribution is 2.34. The van der Waals surface area contributed by atoms with Crippen LogP contribution in [0.25, 0.3) is 0 Å². The van der Waals surface area contributed by atoms with E-state index in [9.17, 15) is 15.4 Å². The third-order valence-electron chi connectivity index (χ3n) is 3.09. The summed E-state index contributed by atoms with van der Waals surface area (Å²) >= 11 is 1.36. The Bertz CT molecular complexity index is 703. The maximum absolute atomic E-state index is 11.0. The molecule has 0 bridgehead atoms. The number of nitro groups is 1. The average molecular weight is 298 g/mol. The normalized spacial score (nSPS) is 10.4. The number of hydrogen-bond donors (Lipinski definition) is 0. The van der Waals surface area contributed by atoms with Gasteiger partial charge in [-0.1, -0.05) is 43.8 Å². The number of nitriles is 1. The van der Waals surface area contributed by atoms with Crippen molar-refractivity contribution in [2.45, 2.75) is 29.6 Å². The summed E-state index contributed by atoms with van der Waals surface area (Å²) in [5, 5.41) is 20.1. The number of benzene rings is 2. The topological polar surface area (TPSA) is 66.9 Å². The Balaban J connectivity index is 2.34. The molecule has 21 heavy (non-hydrogen) atoms.